The predicted octanol–water partition coefficient (Wildman–Crippen LogP) is 5.86. The zero-order valence-electron chi connectivity index (χ0n) is 14.8. The topological polar surface area (TPSA) is 78.8 Å². The Balaban J connectivity index is 1.63. The average Bonchev–Trinajstić information content (AvgIpc) is 2.74. The number of nitrogens with one attached hydrogen (secondary N) is 1. The summed E-state index contributed by atoms with van der Waals surface area (Å²) in [5, 5.41) is 16.5. The Hall–Kier alpha value is -3.99. The van der Waals surface area contributed by atoms with Gasteiger partial charge in [0.25, 0.3) is 5.91 Å². The molecular formula is C23H16N2O3. The van der Waals surface area contributed by atoms with Gasteiger partial charge in [-0.2, -0.15) is 0 Å². The second-order valence-electron chi connectivity index (χ2n) is 6.32. The number of amides is 1. The Morgan fingerprint density at radius 1 is 0.750 bits per heavy atom. The molecule has 0 bridgehead atoms. The van der Waals surface area contributed by atoms with Crippen LogP contribution in [-0.2, 0) is 0 Å². The first kappa shape index (κ1) is 17.4. The lowest BCUT2D eigenvalue weighted by Crippen LogP contribution is -2.12. The summed E-state index contributed by atoms with van der Waals surface area (Å²) in [7, 11) is 0. The molecule has 0 unspecified atom stereocenters. The van der Waals surface area contributed by atoms with Crippen molar-refractivity contribution in [2.45, 2.75) is 0 Å². The van der Waals surface area contributed by atoms with Gasteiger partial charge in [-0.3, -0.25) is 4.79 Å². The summed E-state index contributed by atoms with van der Waals surface area (Å²) in [5.74, 6) is -0.517. The molecule has 0 saturated carbocycles. The Bertz CT molecular complexity index is 1170. The fourth-order valence-corrected chi connectivity index (χ4v) is 3.20. The summed E-state index contributed by atoms with van der Waals surface area (Å²) in [6.45, 7) is 0. The lowest BCUT2D eigenvalue weighted by atomic mass is 10.0. The maximum atomic E-state index is 12.8. The largest absolute Gasteiger partial charge is 0.506 e. The third kappa shape index (κ3) is 3.21. The minimum Gasteiger partial charge on any atom is -0.506 e. The van der Waals surface area contributed by atoms with Crippen molar-refractivity contribution in [3.63, 3.8) is 0 Å². The van der Waals surface area contributed by atoms with Crippen molar-refractivity contribution in [3.8, 4) is 16.9 Å². The highest BCUT2D eigenvalue weighted by molar-refractivity contribution is 6.15. The van der Waals surface area contributed by atoms with Crippen LogP contribution in [0.15, 0.2) is 90.1 Å². The number of hydrogen-bond acceptors (Lipinski definition) is 4. The van der Waals surface area contributed by atoms with Crippen molar-refractivity contribution >= 4 is 28.1 Å². The van der Waals surface area contributed by atoms with Gasteiger partial charge in [0.15, 0.2) is 5.69 Å². The molecule has 0 aliphatic carbocycles. The van der Waals surface area contributed by atoms with Crippen molar-refractivity contribution in [1.82, 2.24) is 0 Å². The van der Waals surface area contributed by atoms with E-state index in [1.54, 1.807) is 24.3 Å². The third-order valence-corrected chi connectivity index (χ3v) is 4.60. The van der Waals surface area contributed by atoms with Gasteiger partial charge in [0.2, 0.25) is 0 Å². The number of phenolic OH excluding ortho intramolecular Hbond substituents is 1. The maximum Gasteiger partial charge on any atom is 0.256 e. The van der Waals surface area contributed by atoms with Gasteiger partial charge in [0.05, 0.1) is 0 Å². The van der Waals surface area contributed by atoms with Gasteiger partial charge < -0.3 is 10.4 Å². The summed E-state index contributed by atoms with van der Waals surface area (Å²) in [4.78, 5) is 23.8. The molecule has 0 aliphatic rings. The zero-order valence-corrected chi connectivity index (χ0v) is 14.8. The van der Waals surface area contributed by atoms with Gasteiger partial charge in [-0.25, -0.2) is 0 Å². The molecule has 0 aliphatic heterocycles. The smallest absolute Gasteiger partial charge is 0.256 e. The number of hydrogen-bond donors (Lipinski definition) is 2. The van der Waals surface area contributed by atoms with E-state index in [2.05, 4.69) is 10.5 Å². The van der Waals surface area contributed by atoms with Crippen molar-refractivity contribution in [1.29, 1.82) is 0 Å². The number of benzene rings is 4. The summed E-state index contributed by atoms with van der Waals surface area (Å²) in [5.41, 5.74) is 3.15. The Labute approximate surface area is 161 Å². The monoisotopic (exact) mass is 368 g/mol. The van der Waals surface area contributed by atoms with Crippen LogP contribution in [-0.4, -0.2) is 11.0 Å². The van der Waals surface area contributed by atoms with Crippen LogP contribution in [0.5, 0.6) is 5.75 Å². The molecule has 28 heavy (non-hydrogen) atoms. The number of carbonyl (C=O) groups excluding carboxylic acids is 1. The minimum absolute atomic E-state index is 0.0700. The van der Waals surface area contributed by atoms with Gasteiger partial charge in [0.1, 0.15) is 5.75 Å². The first-order valence-electron chi connectivity index (χ1n) is 8.72. The van der Waals surface area contributed by atoms with Gasteiger partial charge in [-0.1, -0.05) is 54.6 Å². The van der Waals surface area contributed by atoms with Crippen molar-refractivity contribution in [2.75, 3.05) is 5.32 Å². The van der Waals surface area contributed by atoms with E-state index in [4.69, 9.17) is 0 Å². The maximum absolute atomic E-state index is 12.8. The molecule has 136 valence electrons. The molecular weight excluding hydrogens is 352 g/mol. The molecule has 0 spiro atoms. The van der Waals surface area contributed by atoms with Gasteiger partial charge in [0, 0.05) is 16.6 Å². The zero-order chi connectivity index (χ0) is 19.5. The number of fused-ring (bicyclic) bond motifs is 1. The molecule has 4 rings (SSSR count). The quantitative estimate of drug-likeness (QED) is 0.443. The lowest BCUT2D eigenvalue weighted by Gasteiger charge is -2.10. The Morgan fingerprint density at radius 2 is 1.46 bits per heavy atom. The van der Waals surface area contributed by atoms with Gasteiger partial charge >= 0.3 is 0 Å². The van der Waals surface area contributed by atoms with Crippen molar-refractivity contribution < 1.29 is 9.90 Å². The van der Waals surface area contributed by atoms with Crippen LogP contribution in [0.2, 0.25) is 0 Å². The normalized spacial score (nSPS) is 10.6. The number of aromatic hydroxyl groups is 1. The van der Waals surface area contributed by atoms with E-state index < -0.39 is 0 Å². The standard InChI is InChI=1S/C23H16N2O3/c26-21-14-13-18-19(22(21)25-28)7-4-8-20(18)23(27)24-17-11-9-16(10-12-17)15-5-2-1-3-6-15/h1-14,26H,(H,24,27). The van der Waals surface area contributed by atoms with Crippen LogP contribution in [0.3, 0.4) is 0 Å². The number of phenols is 1. The predicted molar refractivity (Wildman–Crippen MR) is 111 cm³/mol. The van der Waals surface area contributed by atoms with Crippen LogP contribution < -0.4 is 5.32 Å². The first-order valence-corrected chi connectivity index (χ1v) is 8.72. The molecule has 2 N–H and O–H groups in total. The highest BCUT2D eigenvalue weighted by Gasteiger charge is 2.14. The fraction of sp³-hybridized carbons (Fsp3) is 0. The van der Waals surface area contributed by atoms with Crippen LogP contribution in [0.25, 0.3) is 21.9 Å². The van der Waals surface area contributed by atoms with Crippen molar-refractivity contribution in [3.05, 3.63) is 95.4 Å². The summed E-state index contributed by atoms with van der Waals surface area (Å²) < 4.78 is 0. The average molecular weight is 368 g/mol. The highest BCUT2D eigenvalue weighted by atomic mass is 16.3. The van der Waals surface area contributed by atoms with Gasteiger partial charge in [-0.05, 0) is 52.0 Å². The molecule has 4 aromatic carbocycles. The number of nitroso groups, excluding NO2 is 1. The second-order valence-corrected chi connectivity index (χ2v) is 6.32. The molecule has 4 aromatic rings. The molecule has 0 atom stereocenters. The number of carbonyl (C=O) groups is 1. The molecule has 0 heterocycles. The minimum atomic E-state index is -0.305. The fourth-order valence-electron chi connectivity index (χ4n) is 3.20. The van der Waals surface area contributed by atoms with E-state index in [9.17, 15) is 14.8 Å². The Morgan fingerprint density at radius 3 is 2.18 bits per heavy atom. The number of anilines is 1. The summed E-state index contributed by atoms with van der Waals surface area (Å²) in [6.07, 6.45) is 0. The summed E-state index contributed by atoms with van der Waals surface area (Å²) >= 11 is 0. The van der Waals surface area contributed by atoms with E-state index in [0.717, 1.165) is 11.1 Å². The van der Waals surface area contributed by atoms with Gasteiger partial charge in [-0.15, -0.1) is 4.91 Å². The van der Waals surface area contributed by atoms with E-state index in [0.29, 0.717) is 22.0 Å². The van der Waals surface area contributed by atoms with E-state index in [1.807, 2.05) is 54.6 Å². The van der Waals surface area contributed by atoms with E-state index in [1.165, 1.54) is 6.07 Å². The lowest BCUT2D eigenvalue weighted by molar-refractivity contribution is 0.102. The molecule has 5 heteroatoms. The highest BCUT2D eigenvalue weighted by Crippen LogP contribution is 2.36. The van der Waals surface area contributed by atoms with Crippen LogP contribution in [0.4, 0.5) is 11.4 Å². The van der Waals surface area contributed by atoms with Crippen LogP contribution in [0, 0.1) is 4.91 Å². The van der Waals surface area contributed by atoms with Crippen LogP contribution in [0.1, 0.15) is 10.4 Å². The molecule has 0 saturated heterocycles. The van der Waals surface area contributed by atoms with E-state index >= 15 is 0 Å². The molecule has 0 aromatic heterocycles. The first-order chi connectivity index (χ1) is 13.7. The number of nitrogens with zero attached hydrogens (tertiary/aromatic N) is 1. The molecule has 5 nitrogen and oxygen atoms in total. The number of rotatable bonds is 4. The van der Waals surface area contributed by atoms with E-state index in [-0.39, 0.29) is 17.3 Å². The summed E-state index contributed by atoms with van der Waals surface area (Å²) in [6, 6.07) is 25.5. The molecule has 0 radical (unpaired) electrons. The molecule has 0 fully saturated rings. The molecule has 1 amide bonds. The SMILES string of the molecule is O=Nc1c(O)ccc2c(C(=O)Nc3ccc(-c4ccccc4)cc3)cccc12. The van der Waals surface area contributed by atoms with Crippen LogP contribution >= 0.6 is 0 Å². The third-order valence-electron chi connectivity index (χ3n) is 4.60. The van der Waals surface area contributed by atoms with Crippen molar-refractivity contribution in [2.24, 2.45) is 5.18 Å². The Kier molecular flexibility index (Phi) is 4.56. The second kappa shape index (κ2) is 7.32.